The van der Waals surface area contributed by atoms with Gasteiger partial charge in [0.25, 0.3) is 0 Å². The zero-order valence-corrected chi connectivity index (χ0v) is 10.6. The van der Waals surface area contributed by atoms with Gasteiger partial charge in [0.2, 0.25) is 0 Å². The van der Waals surface area contributed by atoms with Gasteiger partial charge in [0.1, 0.15) is 5.75 Å². The van der Waals surface area contributed by atoms with Crippen LogP contribution >= 0.6 is 0 Å². The molecular weight excluding hydrogens is 226 g/mol. The van der Waals surface area contributed by atoms with Crippen molar-refractivity contribution in [2.45, 2.75) is 6.54 Å². The lowest BCUT2D eigenvalue weighted by molar-refractivity contribution is 0.469. The van der Waals surface area contributed by atoms with Crippen molar-refractivity contribution in [3.8, 4) is 5.75 Å². The van der Waals surface area contributed by atoms with Crippen molar-refractivity contribution in [2.75, 3.05) is 24.3 Å². The van der Waals surface area contributed by atoms with Crippen LogP contribution in [-0.4, -0.2) is 24.2 Å². The van der Waals surface area contributed by atoms with E-state index in [-0.39, 0.29) is 0 Å². The van der Waals surface area contributed by atoms with E-state index in [2.05, 4.69) is 10.3 Å². The summed E-state index contributed by atoms with van der Waals surface area (Å²) < 4.78 is 0. The number of phenolic OH excluding ortho intramolecular Hbond substituents is 1. The summed E-state index contributed by atoms with van der Waals surface area (Å²) in [5.74, 6) is 1.19. The molecule has 2 N–H and O–H groups in total. The lowest BCUT2D eigenvalue weighted by Gasteiger charge is -2.17. The van der Waals surface area contributed by atoms with Gasteiger partial charge in [0.05, 0.1) is 5.69 Å². The van der Waals surface area contributed by atoms with Crippen LogP contribution in [0.15, 0.2) is 42.6 Å². The van der Waals surface area contributed by atoms with Crippen LogP contribution in [-0.2, 0) is 6.54 Å². The quantitative estimate of drug-likeness (QED) is 0.866. The van der Waals surface area contributed by atoms with Crippen molar-refractivity contribution < 1.29 is 5.11 Å². The van der Waals surface area contributed by atoms with E-state index < -0.39 is 0 Å². The molecular formula is C14H17N3O. The molecule has 0 radical (unpaired) electrons. The number of pyridine rings is 1. The molecule has 0 amide bonds. The summed E-state index contributed by atoms with van der Waals surface area (Å²) in [4.78, 5) is 6.27. The fourth-order valence-electron chi connectivity index (χ4n) is 1.74. The van der Waals surface area contributed by atoms with E-state index >= 15 is 0 Å². The van der Waals surface area contributed by atoms with E-state index in [1.807, 2.05) is 49.3 Å². The monoisotopic (exact) mass is 243 g/mol. The van der Waals surface area contributed by atoms with E-state index in [1.165, 1.54) is 0 Å². The Labute approximate surface area is 107 Å². The molecule has 0 saturated heterocycles. The highest BCUT2D eigenvalue weighted by Crippen LogP contribution is 2.23. The zero-order chi connectivity index (χ0) is 13.0. The molecule has 1 aromatic carbocycles. The number of nitrogens with zero attached hydrogens (tertiary/aromatic N) is 2. The second kappa shape index (κ2) is 5.40. The molecule has 4 nitrogen and oxygen atoms in total. The standard InChI is InChI=1S/C14H17N3O/c1-17(2)14-12(7-5-9-15-14)16-10-11-6-3-4-8-13(11)18/h3-9,16,18H,10H2,1-2H3. The maximum absolute atomic E-state index is 9.70. The van der Waals surface area contributed by atoms with E-state index in [0.29, 0.717) is 12.3 Å². The SMILES string of the molecule is CN(C)c1ncccc1NCc1ccccc1O. The molecule has 0 aliphatic rings. The Kier molecular flexibility index (Phi) is 3.67. The lowest BCUT2D eigenvalue weighted by Crippen LogP contribution is -2.13. The Hall–Kier alpha value is -2.23. The van der Waals surface area contributed by atoms with Crippen molar-refractivity contribution in [1.82, 2.24) is 4.98 Å². The lowest BCUT2D eigenvalue weighted by atomic mass is 10.2. The zero-order valence-electron chi connectivity index (χ0n) is 10.6. The van der Waals surface area contributed by atoms with Gasteiger partial charge in [-0.2, -0.15) is 0 Å². The molecule has 1 heterocycles. The molecule has 0 fully saturated rings. The predicted octanol–water partition coefficient (Wildman–Crippen LogP) is 2.47. The summed E-state index contributed by atoms with van der Waals surface area (Å²) in [5, 5.41) is 13.0. The molecule has 0 unspecified atom stereocenters. The Bertz CT molecular complexity index is 526. The van der Waals surface area contributed by atoms with Crippen molar-refractivity contribution in [1.29, 1.82) is 0 Å². The van der Waals surface area contributed by atoms with E-state index in [4.69, 9.17) is 0 Å². The number of hydrogen-bond acceptors (Lipinski definition) is 4. The van der Waals surface area contributed by atoms with Gasteiger partial charge in [0.15, 0.2) is 5.82 Å². The van der Waals surface area contributed by atoms with Crippen LogP contribution < -0.4 is 10.2 Å². The Morgan fingerprint density at radius 3 is 2.67 bits per heavy atom. The van der Waals surface area contributed by atoms with Gasteiger partial charge < -0.3 is 15.3 Å². The molecule has 18 heavy (non-hydrogen) atoms. The van der Waals surface area contributed by atoms with Crippen molar-refractivity contribution in [3.63, 3.8) is 0 Å². The topological polar surface area (TPSA) is 48.4 Å². The third kappa shape index (κ3) is 2.71. The first kappa shape index (κ1) is 12.2. The largest absolute Gasteiger partial charge is 0.508 e. The number of anilines is 2. The molecule has 1 aromatic heterocycles. The molecule has 4 heteroatoms. The van der Waals surface area contributed by atoms with E-state index in [1.54, 1.807) is 12.3 Å². The summed E-state index contributed by atoms with van der Waals surface area (Å²) in [5.41, 5.74) is 1.82. The number of hydrogen-bond donors (Lipinski definition) is 2. The minimum Gasteiger partial charge on any atom is -0.508 e. The predicted molar refractivity (Wildman–Crippen MR) is 74.0 cm³/mol. The Morgan fingerprint density at radius 1 is 1.17 bits per heavy atom. The summed E-state index contributed by atoms with van der Waals surface area (Å²) in [6, 6.07) is 11.2. The smallest absolute Gasteiger partial charge is 0.151 e. The summed E-state index contributed by atoms with van der Waals surface area (Å²) in [6.45, 7) is 0.569. The highest BCUT2D eigenvalue weighted by atomic mass is 16.3. The maximum Gasteiger partial charge on any atom is 0.151 e. The number of rotatable bonds is 4. The van der Waals surface area contributed by atoms with Crippen LogP contribution in [0.4, 0.5) is 11.5 Å². The van der Waals surface area contributed by atoms with Crippen LogP contribution in [0, 0.1) is 0 Å². The van der Waals surface area contributed by atoms with Crippen molar-refractivity contribution >= 4 is 11.5 Å². The number of aromatic hydroxyl groups is 1. The molecule has 0 aliphatic heterocycles. The van der Waals surface area contributed by atoms with Gasteiger partial charge in [-0.3, -0.25) is 0 Å². The normalized spacial score (nSPS) is 10.1. The molecule has 0 bridgehead atoms. The first-order valence-corrected chi connectivity index (χ1v) is 5.81. The minimum absolute atomic E-state index is 0.306. The number of para-hydroxylation sites is 1. The highest BCUT2D eigenvalue weighted by molar-refractivity contribution is 5.64. The van der Waals surface area contributed by atoms with Crippen LogP contribution in [0.5, 0.6) is 5.75 Å². The van der Waals surface area contributed by atoms with E-state index in [9.17, 15) is 5.11 Å². The van der Waals surface area contributed by atoms with Gasteiger partial charge in [-0.05, 0) is 18.2 Å². The Balaban J connectivity index is 2.14. The van der Waals surface area contributed by atoms with Gasteiger partial charge in [0, 0.05) is 32.4 Å². The summed E-state index contributed by atoms with van der Waals surface area (Å²) in [6.07, 6.45) is 1.76. The number of benzene rings is 1. The van der Waals surface area contributed by atoms with Gasteiger partial charge in [-0.15, -0.1) is 0 Å². The second-order valence-corrected chi connectivity index (χ2v) is 4.25. The molecule has 2 aromatic rings. The molecule has 0 atom stereocenters. The molecule has 2 rings (SSSR count). The fourth-order valence-corrected chi connectivity index (χ4v) is 1.74. The summed E-state index contributed by atoms with van der Waals surface area (Å²) in [7, 11) is 3.90. The van der Waals surface area contributed by atoms with Crippen LogP contribution in [0.3, 0.4) is 0 Å². The number of nitrogens with one attached hydrogen (secondary N) is 1. The third-order valence-electron chi connectivity index (χ3n) is 2.67. The van der Waals surface area contributed by atoms with Crippen molar-refractivity contribution in [3.05, 3.63) is 48.2 Å². The van der Waals surface area contributed by atoms with Gasteiger partial charge in [-0.25, -0.2) is 4.98 Å². The summed E-state index contributed by atoms with van der Waals surface area (Å²) >= 11 is 0. The molecule has 94 valence electrons. The van der Waals surface area contributed by atoms with Gasteiger partial charge in [-0.1, -0.05) is 18.2 Å². The van der Waals surface area contributed by atoms with Crippen LogP contribution in [0.1, 0.15) is 5.56 Å². The fraction of sp³-hybridized carbons (Fsp3) is 0.214. The highest BCUT2D eigenvalue weighted by Gasteiger charge is 2.05. The second-order valence-electron chi connectivity index (χ2n) is 4.25. The minimum atomic E-state index is 0.306. The van der Waals surface area contributed by atoms with E-state index in [0.717, 1.165) is 17.1 Å². The van der Waals surface area contributed by atoms with Crippen molar-refractivity contribution in [2.24, 2.45) is 0 Å². The molecule has 0 saturated carbocycles. The number of phenols is 1. The first-order valence-electron chi connectivity index (χ1n) is 5.81. The average molecular weight is 243 g/mol. The van der Waals surface area contributed by atoms with Crippen LogP contribution in [0.25, 0.3) is 0 Å². The van der Waals surface area contributed by atoms with Crippen LogP contribution in [0.2, 0.25) is 0 Å². The molecule has 0 spiro atoms. The first-order chi connectivity index (χ1) is 8.68. The third-order valence-corrected chi connectivity index (χ3v) is 2.67. The number of aromatic nitrogens is 1. The maximum atomic E-state index is 9.70. The average Bonchev–Trinajstić information content (AvgIpc) is 2.38. The van der Waals surface area contributed by atoms with Gasteiger partial charge >= 0.3 is 0 Å². The molecule has 0 aliphatic carbocycles. The Morgan fingerprint density at radius 2 is 1.94 bits per heavy atom.